The van der Waals surface area contributed by atoms with Crippen molar-refractivity contribution in [2.24, 2.45) is 0 Å². The number of hydrogen-bond donors (Lipinski definition) is 2. The van der Waals surface area contributed by atoms with Gasteiger partial charge in [-0.1, -0.05) is 11.6 Å². The lowest BCUT2D eigenvalue weighted by Crippen LogP contribution is -2.03. The van der Waals surface area contributed by atoms with E-state index in [4.69, 9.17) is 16.7 Å². The van der Waals surface area contributed by atoms with Crippen molar-refractivity contribution in [2.45, 2.75) is 0 Å². The van der Waals surface area contributed by atoms with Crippen LogP contribution in [0, 0.1) is 10.1 Å². The molecule has 0 unspecified atom stereocenters. The highest BCUT2D eigenvalue weighted by molar-refractivity contribution is 9.10. The molecular formula is C13H8BrClN2O4. The zero-order chi connectivity index (χ0) is 15.6. The number of rotatable bonds is 4. The zero-order valence-electron chi connectivity index (χ0n) is 10.3. The van der Waals surface area contributed by atoms with Crippen molar-refractivity contribution < 1.29 is 14.8 Å². The van der Waals surface area contributed by atoms with Crippen LogP contribution in [0.4, 0.5) is 17.1 Å². The highest BCUT2D eigenvalue weighted by atomic mass is 79.9. The highest BCUT2D eigenvalue weighted by Crippen LogP contribution is 2.30. The van der Waals surface area contributed by atoms with Crippen LogP contribution in [-0.4, -0.2) is 16.0 Å². The summed E-state index contributed by atoms with van der Waals surface area (Å²) in [6.07, 6.45) is 0. The average molecular weight is 372 g/mol. The summed E-state index contributed by atoms with van der Waals surface area (Å²) in [4.78, 5) is 21.1. The molecule has 0 aliphatic heterocycles. The van der Waals surface area contributed by atoms with Gasteiger partial charge < -0.3 is 10.4 Å². The summed E-state index contributed by atoms with van der Waals surface area (Å²) in [5, 5.41) is 23.3. The summed E-state index contributed by atoms with van der Waals surface area (Å²) in [5.74, 6) is -1.37. The molecule has 6 nitrogen and oxygen atoms in total. The second-order valence-electron chi connectivity index (χ2n) is 4.04. The maximum absolute atomic E-state index is 11.1. The quantitative estimate of drug-likeness (QED) is 0.612. The molecule has 0 amide bonds. The standard InChI is InChI=1S/C13H8BrClN2O4/c14-10-3-1-7(15)5-11(10)16-8-2-4-12(17(20)21)9(6-8)13(18)19/h1-6,16H,(H,18,19). The Morgan fingerprint density at radius 1 is 1.29 bits per heavy atom. The van der Waals surface area contributed by atoms with Crippen LogP contribution in [0.2, 0.25) is 5.02 Å². The van der Waals surface area contributed by atoms with E-state index in [1.54, 1.807) is 18.2 Å². The van der Waals surface area contributed by atoms with Crippen molar-refractivity contribution in [1.82, 2.24) is 0 Å². The molecule has 108 valence electrons. The van der Waals surface area contributed by atoms with Crippen LogP contribution in [0.25, 0.3) is 0 Å². The monoisotopic (exact) mass is 370 g/mol. The Bertz CT molecular complexity index is 736. The fourth-order valence-electron chi connectivity index (χ4n) is 1.69. The van der Waals surface area contributed by atoms with Gasteiger partial charge in [-0.05, 0) is 46.3 Å². The summed E-state index contributed by atoms with van der Waals surface area (Å²) in [6, 6.07) is 8.84. The predicted octanol–water partition coefficient (Wildman–Crippen LogP) is 4.45. The third-order valence-electron chi connectivity index (χ3n) is 2.63. The third-order valence-corrected chi connectivity index (χ3v) is 3.56. The molecular weight excluding hydrogens is 364 g/mol. The van der Waals surface area contributed by atoms with E-state index < -0.39 is 16.6 Å². The maximum atomic E-state index is 11.1. The van der Waals surface area contributed by atoms with Gasteiger partial charge in [0.1, 0.15) is 5.56 Å². The molecule has 0 spiro atoms. The Balaban J connectivity index is 2.41. The number of carboxylic acids is 1. The minimum Gasteiger partial charge on any atom is -0.477 e. The number of nitrogens with zero attached hydrogens (tertiary/aromatic N) is 1. The number of nitrogens with one attached hydrogen (secondary N) is 1. The average Bonchev–Trinajstić information content (AvgIpc) is 2.42. The minimum atomic E-state index is -1.37. The van der Waals surface area contributed by atoms with Gasteiger partial charge in [-0.25, -0.2) is 4.79 Å². The summed E-state index contributed by atoms with van der Waals surface area (Å²) in [6.45, 7) is 0. The predicted molar refractivity (Wildman–Crippen MR) is 82.5 cm³/mol. The van der Waals surface area contributed by atoms with Gasteiger partial charge in [-0.15, -0.1) is 0 Å². The fourth-order valence-corrected chi connectivity index (χ4v) is 2.21. The molecule has 0 saturated carbocycles. The molecule has 0 saturated heterocycles. The SMILES string of the molecule is O=C(O)c1cc(Nc2cc(Cl)ccc2Br)ccc1[N+](=O)[O-]. The molecule has 2 aromatic carbocycles. The summed E-state index contributed by atoms with van der Waals surface area (Å²) in [7, 11) is 0. The van der Waals surface area contributed by atoms with Crippen LogP contribution in [-0.2, 0) is 0 Å². The molecule has 2 N–H and O–H groups in total. The topological polar surface area (TPSA) is 92.5 Å². The fraction of sp³-hybridized carbons (Fsp3) is 0. The number of halogens is 2. The van der Waals surface area contributed by atoms with E-state index >= 15 is 0 Å². The smallest absolute Gasteiger partial charge is 0.342 e. The third kappa shape index (κ3) is 3.50. The molecule has 0 aliphatic carbocycles. The number of benzene rings is 2. The summed E-state index contributed by atoms with van der Waals surface area (Å²) < 4.78 is 0.724. The first-order valence-corrected chi connectivity index (χ1v) is 6.79. The van der Waals surface area contributed by atoms with Crippen molar-refractivity contribution in [3.8, 4) is 0 Å². The number of carbonyl (C=O) groups is 1. The second-order valence-corrected chi connectivity index (χ2v) is 5.33. The lowest BCUT2D eigenvalue weighted by molar-refractivity contribution is -0.385. The van der Waals surface area contributed by atoms with Crippen LogP contribution in [0.1, 0.15) is 10.4 Å². The van der Waals surface area contributed by atoms with E-state index in [0.29, 0.717) is 16.4 Å². The van der Waals surface area contributed by atoms with Gasteiger partial charge in [0.2, 0.25) is 0 Å². The van der Waals surface area contributed by atoms with Crippen molar-refractivity contribution in [2.75, 3.05) is 5.32 Å². The molecule has 0 bridgehead atoms. The van der Waals surface area contributed by atoms with E-state index in [0.717, 1.165) is 10.5 Å². The van der Waals surface area contributed by atoms with Crippen molar-refractivity contribution in [3.63, 3.8) is 0 Å². The number of carboxylic acid groups (broad SMARTS) is 1. The van der Waals surface area contributed by atoms with Crippen LogP contribution >= 0.6 is 27.5 Å². The van der Waals surface area contributed by atoms with Gasteiger partial charge in [-0.2, -0.15) is 0 Å². The Morgan fingerprint density at radius 3 is 2.62 bits per heavy atom. The Labute approximate surface area is 132 Å². The number of nitro benzene ring substituents is 1. The Kier molecular flexibility index (Phi) is 4.44. The number of aromatic carboxylic acids is 1. The molecule has 0 fully saturated rings. The van der Waals surface area contributed by atoms with Crippen LogP contribution < -0.4 is 5.32 Å². The number of hydrogen-bond acceptors (Lipinski definition) is 4. The molecule has 2 rings (SSSR count). The van der Waals surface area contributed by atoms with Gasteiger partial charge in [0, 0.05) is 21.2 Å². The Morgan fingerprint density at radius 2 is 2.00 bits per heavy atom. The van der Waals surface area contributed by atoms with Gasteiger partial charge in [0.15, 0.2) is 0 Å². The first kappa shape index (κ1) is 15.3. The van der Waals surface area contributed by atoms with Crippen LogP contribution in [0.15, 0.2) is 40.9 Å². The molecule has 0 aliphatic rings. The molecule has 21 heavy (non-hydrogen) atoms. The Hall–Kier alpha value is -2.12. The van der Waals surface area contributed by atoms with Gasteiger partial charge >= 0.3 is 5.97 Å². The molecule has 0 radical (unpaired) electrons. The lowest BCUT2D eigenvalue weighted by atomic mass is 10.1. The zero-order valence-corrected chi connectivity index (χ0v) is 12.7. The lowest BCUT2D eigenvalue weighted by Gasteiger charge is -2.10. The first-order chi connectivity index (χ1) is 9.88. The maximum Gasteiger partial charge on any atom is 0.342 e. The van der Waals surface area contributed by atoms with Crippen molar-refractivity contribution >= 4 is 50.6 Å². The second kappa shape index (κ2) is 6.11. The highest BCUT2D eigenvalue weighted by Gasteiger charge is 2.20. The molecule has 8 heteroatoms. The molecule has 0 aromatic heterocycles. The van der Waals surface area contributed by atoms with E-state index in [1.807, 2.05) is 0 Å². The van der Waals surface area contributed by atoms with Crippen molar-refractivity contribution in [1.29, 1.82) is 0 Å². The van der Waals surface area contributed by atoms with Crippen molar-refractivity contribution in [3.05, 3.63) is 61.6 Å². The number of nitro groups is 1. The largest absolute Gasteiger partial charge is 0.477 e. The van der Waals surface area contributed by atoms with Crippen LogP contribution in [0.5, 0.6) is 0 Å². The van der Waals surface area contributed by atoms with Gasteiger partial charge in [0.25, 0.3) is 5.69 Å². The van der Waals surface area contributed by atoms with E-state index in [1.165, 1.54) is 12.1 Å². The van der Waals surface area contributed by atoms with E-state index in [-0.39, 0.29) is 5.56 Å². The summed E-state index contributed by atoms with van der Waals surface area (Å²) >= 11 is 9.21. The minimum absolute atomic E-state index is 0.386. The summed E-state index contributed by atoms with van der Waals surface area (Å²) in [5.41, 5.74) is 0.176. The van der Waals surface area contributed by atoms with Gasteiger partial charge in [0.05, 0.1) is 10.6 Å². The van der Waals surface area contributed by atoms with Crippen LogP contribution in [0.3, 0.4) is 0 Å². The molecule has 2 aromatic rings. The molecule has 0 heterocycles. The normalized spacial score (nSPS) is 10.2. The van der Waals surface area contributed by atoms with Gasteiger partial charge in [-0.3, -0.25) is 10.1 Å². The molecule has 0 atom stereocenters. The van der Waals surface area contributed by atoms with E-state index in [2.05, 4.69) is 21.2 Å². The number of anilines is 2. The van der Waals surface area contributed by atoms with E-state index in [9.17, 15) is 14.9 Å². The first-order valence-electron chi connectivity index (χ1n) is 5.62.